The van der Waals surface area contributed by atoms with Gasteiger partial charge in [0.2, 0.25) is 0 Å². The van der Waals surface area contributed by atoms with E-state index >= 15 is 0 Å². The van der Waals surface area contributed by atoms with E-state index in [2.05, 4.69) is 41.4 Å². The first-order chi connectivity index (χ1) is 6.86. The minimum Gasteiger partial charge on any atom is -0.278 e. The number of hydrogen-bond donors (Lipinski definition) is 1. The molecule has 0 fully saturated rings. The molecule has 14 heavy (non-hydrogen) atoms. The maximum atomic E-state index is 3.90. The van der Waals surface area contributed by atoms with Crippen molar-refractivity contribution < 1.29 is 0 Å². The van der Waals surface area contributed by atoms with Crippen LogP contribution in [0.15, 0.2) is 36.5 Å². The van der Waals surface area contributed by atoms with E-state index in [-0.39, 0.29) is 0 Å². The minimum absolute atomic E-state index is 1.06. The van der Waals surface area contributed by atoms with Gasteiger partial charge in [-0.25, -0.2) is 0 Å². The molecule has 0 radical (unpaired) electrons. The number of hydrogen-bond acceptors (Lipinski definition) is 1. The van der Waals surface area contributed by atoms with Gasteiger partial charge in [0, 0.05) is 6.20 Å². The van der Waals surface area contributed by atoms with E-state index in [0.29, 0.717) is 0 Å². The first-order valence-corrected chi connectivity index (χ1v) is 4.93. The Labute approximate surface area is 85.0 Å². The number of rotatable bonds is 1. The molecular formula is C12H16N2. The third-order valence-electron chi connectivity index (χ3n) is 1.86. The molecule has 0 bridgehead atoms. The molecule has 0 atom stereocenters. The lowest BCUT2D eigenvalue weighted by molar-refractivity contribution is 1.09. The molecule has 2 nitrogen and oxygen atoms in total. The van der Waals surface area contributed by atoms with Crippen LogP contribution in [0.25, 0.3) is 11.3 Å². The molecular weight excluding hydrogens is 172 g/mol. The third-order valence-corrected chi connectivity index (χ3v) is 1.86. The van der Waals surface area contributed by atoms with Crippen molar-refractivity contribution in [1.29, 1.82) is 0 Å². The molecule has 1 aromatic heterocycles. The summed E-state index contributed by atoms with van der Waals surface area (Å²) in [6.45, 7) is 6.08. The van der Waals surface area contributed by atoms with Gasteiger partial charge in [0.15, 0.2) is 0 Å². The van der Waals surface area contributed by atoms with Gasteiger partial charge >= 0.3 is 0 Å². The molecule has 0 unspecified atom stereocenters. The lowest BCUT2D eigenvalue weighted by atomic mass is 10.1. The summed E-state index contributed by atoms with van der Waals surface area (Å²) in [5.41, 5.74) is 3.52. The van der Waals surface area contributed by atoms with Crippen molar-refractivity contribution in [3.63, 3.8) is 0 Å². The van der Waals surface area contributed by atoms with Gasteiger partial charge in [-0.2, -0.15) is 5.10 Å². The normalized spacial score (nSPS) is 9.07. The van der Waals surface area contributed by atoms with E-state index in [1.807, 2.05) is 19.9 Å². The summed E-state index contributed by atoms with van der Waals surface area (Å²) < 4.78 is 0. The standard InChI is InChI=1S/C10H10N2.C2H6/c1-8-2-4-9(5-3-8)10-6-7-11-12-10;1-2/h2-7H,1H3,(H,11,12);1-2H3. The summed E-state index contributed by atoms with van der Waals surface area (Å²) in [6.07, 6.45) is 1.76. The van der Waals surface area contributed by atoms with Crippen LogP contribution in [0, 0.1) is 6.92 Å². The molecule has 74 valence electrons. The van der Waals surface area contributed by atoms with Gasteiger partial charge in [0.1, 0.15) is 0 Å². The summed E-state index contributed by atoms with van der Waals surface area (Å²) in [6, 6.07) is 10.3. The van der Waals surface area contributed by atoms with E-state index in [1.165, 1.54) is 11.1 Å². The topological polar surface area (TPSA) is 28.7 Å². The van der Waals surface area contributed by atoms with Crippen molar-refractivity contribution in [3.8, 4) is 11.3 Å². The molecule has 0 spiro atoms. The van der Waals surface area contributed by atoms with Crippen molar-refractivity contribution in [2.45, 2.75) is 20.8 Å². The van der Waals surface area contributed by atoms with Crippen LogP contribution in [0.3, 0.4) is 0 Å². The fourth-order valence-corrected chi connectivity index (χ4v) is 1.15. The second kappa shape index (κ2) is 5.22. The van der Waals surface area contributed by atoms with Crippen LogP contribution in [0.1, 0.15) is 19.4 Å². The van der Waals surface area contributed by atoms with Crippen LogP contribution in [0.5, 0.6) is 0 Å². The summed E-state index contributed by atoms with van der Waals surface area (Å²) in [5.74, 6) is 0. The van der Waals surface area contributed by atoms with Crippen LogP contribution < -0.4 is 0 Å². The fraction of sp³-hybridized carbons (Fsp3) is 0.250. The zero-order chi connectivity index (χ0) is 10.4. The second-order valence-corrected chi connectivity index (χ2v) is 2.84. The Balaban J connectivity index is 0.000000461. The summed E-state index contributed by atoms with van der Waals surface area (Å²) in [4.78, 5) is 0. The highest BCUT2D eigenvalue weighted by molar-refractivity contribution is 5.58. The van der Waals surface area contributed by atoms with Crippen LogP contribution in [0.2, 0.25) is 0 Å². The quantitative estimate of drug-likeness (QED) is 0.730. The van der Waals surface area contributed by atoms with Gasteiger partial charge in [0.25, 0.3) is 0 Å². The highest BCUT2D eigenvalue weighted by atomic mass is 15.1. The van der Waals surface area contributed by atoms with E-state index < -0.39 is 0 Å². The van der Waals surface area contributed by atoms with Crippen LogP contribution >= 0.6 is 0 Å². The first kappa shape index (κ1) is 10.5. The van der Waals surface area contributed by atoms with Gasteiger partial charge in [-0.1, -0.05) is 43.7 Å². The smallest absolute Gasteiger partial charge is 0.0650 e. The number of aromatic nitrogens is 2. The highest BCUT2D eigenvalue weighted by Crippen LogP contribution is 2.15. The first-order valence-electron chi connectivity index (χ1n) is 4.93. The molecule has 1 aromatic carbocycles. The monoisotopic (exact) mass is 188 g/mol. The number of nitrogens with one attached hydrogen (secondary N) is 1. The van der Waals surface area contributed by atoms with E-state index in [4.69, 9.17) is 0 Å². The Bertz CT molecular complexity index is 346. The molecule has 0 saturated carbocycles. The van der Waals surface area contributed by atoms with Crippen LogP contribution in [-0.4, -0.2) is 10.2 Å². The zero-order valence-electron chi connectivity index (χ0n) is 8.91. The van der Waals surface area contributed by atoms with E-state index in [1.54, 1.807) is 6.20 Å². The van der Waals surface area contributed by atoms with Gasteiger partial charge < -0.3 is 0 Å². The summed E-state index contributed by atoms with van der Waals surface area (Å²) in [5, 5.41) is 6.82. The molecule has 2 rings (SSSR count). The Morgan fingerprint density at radius 1 is 1.00 bits per heavy atom. The average molecular weight is 188 g/mol. The SMILES string of the molecule is CC.Cc1ccc(-c2ccn[nH]2)cc1. The predicted octanol–water partition coefficient (Wildman–Crippen LogP) is 3.41. The van der Waals surface area contributed by atoms with E-state index in [9.17, 15) is 0 Å². The van der Waals surface area contributed by atoms with Crippen molar-refractivity contribution >= 4 is 0 Å². The number of aromatic amines is 1. The molecule has 2 heteroatoms. The summed E-state index contributed by atoms with van der Waals surface area (Å²) in [7, 11) is 0. The number of nitrogens with zero attached hydrogens (tertiary/aromatic N) is 1. The molecule has 0 aliphatic rings. The average Bonchev–Trinajstić information content (AvgIpc) is 2.75. The Kier molecular flexibility index (Phi) is 3.92. The lowest BCUT2D eigenvalue weighted by Crippen LogP contribution is -1.77. The highest BCUT2D eigenvalue weighted by Gasteiger charge is 1.95. The Hall–Kier alpha value is -1.57. The molecule has 1 heterocycles. The molecule has 0 saturated heterocycles. The van der Waals surface area contributed by atoms with Crippen LogP contribution in [0.4, 0.5) is 0 Å². The van der Waals surface area contributed by atoms with Crippen molar-refractivity contribution in [2.24, 2.45) is 0 Å². The van der Waals surface area contributed by atoms with Crippen molar-refractivity contribution in [3.05, 3.63) is 42.1 Å². The minimum atomic E-state index is 1.06. The van der Waals surface area contributed by atoms with Crippen molar-refractivity contribution in [2.75, 3.05) is 0 Å². The van der Waals surface area contributed by atoms with Gasteiger partial charge in [-0.05, 0) is 18.6 Å². The second-order valence-electron chi connectivity index (χ2n) is 2.84. The third kappa shape index (κ3) is 2.46. The molecule has 0 aliphatic heterocycles. The lowest BCUT2D eigenvalue weighted by Gasteiger charge is -1.96. The number of benzene rings is 1. The van der Waals surface area contributed by atoms with Gasteiger partial charge in [0.05, 0.1) is 5.69 Å². The molecule has 2 aromatic rings. The predicted molar refractivity (Wildman–Crippen MR) is 60.1 cm³/mol. The Morgan fingerprint density at radius 2 is 1.64 bits per heavy atom. The largest absolute Gasteiger partial charge is 0.278 e. The van der Waals surface area contributed by atoms with E-state index in [0.717, 1.165) is 5.69 Å². The van der Waals surface area contributed by atoms with Gasteiger partial charge in [-0.3, -0.25) is 5.10 Å². The fourth-order valence-electron chi connectivity index (χ4n) is 1.15. The Morgan fingerprint density at radius 3 is 2.14 bits per heavy atom. The summed E-state index contributed by atoms with van der Waals surface area (Å²) >= 11 is 0. The molecule has 0 aliphatic carbocycles. The molecule has 1 N–H and O–H groups in total. The van der Waals surface area contributed by atoms with Crippen LogP contribution in [-0.2, 0) is 0 Å². The zero-order valence-corrected chi connectivity index (χ0v) is 8.91. The number of H-pyrrole nitrogens is 1. The number of aryl methyl sites for hydroxylation is 1. The maximum absolute atomic E-state index is 3.90. The van der Waals surface area contributed by atoms with Crippen molar-refractivity contribution in [1.82, 2.24) is 10.2 Å². The maximum Gasteiger partial charge on any atom is 0.0650 e. The van der Waals surface area contributed by atoms with Gasteiger partial charge in [-0.15, -0.1) is 0 Å². The molecule has 0 amide bonds.